The van der Waals surface area contributed by atoms with Crippen LogP contribution in [-0.2, 0) is 4.79 Å². The molecule has 0 aromatic heterocycles. The molecular formula is C18H28N2O. The Balaban J connectivity index is 1.82. The van der Waals surface area contributed by atoms with Gasteiger partial charge in [0, 0.05) is 11.7 Å². The van der Waals surface area contributed by atoms with Crippen LogP contribution in [0, 0.1) is 18.8 Å². The monoisotopic (exact) mass is 288 g/mol. The van der Waals surface area contributed by atoms with Crippen molar-refractivity contribution in [2.24, 2.45) is 11.8 Å². The lowest BCUT2D eigenvalue weighted by atomic mass is 9.78. The zero-order valence-corrected chi connectivity index (χ0v) is 13.5. The predicted molar refractivity (Wildman–Crippen MR) is 88.4 cm³/mol. The molecular weight excluding hydrogens is 260 g/mol. The van der Waals surface area contributed by atoms with Crippen molar-refractivity contribution < 1.29 is 4.79 Å². The van der Waals surface area contributed by atoms with Gasteiger partial charge in [0.15, 0.2) is 0 Å². The second-order valence-electron chi connectivity index (χ2n) is 6.60. The van der Waals surface area contributed by atoms with Crippen molar-refractivity contribution in [3.05, 3.63) is 29.8 Å². The van der Waals surface area contributed by atoms with Crippen LogP contribution in [0.25, 0.3) is 0 Å². The predicted octanol–water partition coefficient (Wildman–Crippen LogP) is 3.74. The summed E-state index contributed by atoms with van der Waals surface area (Å²) in [6.07, 6.45) is 5.09. The van der Waals surface area contributed by atoms with Gasteiger partial charge in [-0.25, -0.2) is 0 Å². The molecule has 0 aliphatic heterocycles. The topological polar surface area (TPSA) is 41.1 Å². The number of carbonyl (C=O) groups excluding carboxylic acids is 1. The quantitative estimate of drug-likeness (QED) is 0.866. The highest BCUT2D eigenvalue weighted by Gasteiger charge is 2.27. The molecule has 1 amide bonds. The summed E-state index contributed by atoms with van der Waals surface area (Å²) in [7, 11) is 0. The maximum Gasteiger partial charge on any atom is 0.238 e. The van der Waals surface area contributed by atoms with E-state index in [0.717, 1.165) is 11.3 Å². The van der Waals surface area contributed by atoms with Crippen molar-refractivity contribution in [3.8, 4) is 0 Å². The molecule has 1 aromatic rings. The number of benzene rings is 1. The number of nitrogens with one attached hydrogen (secondary N) is 2. The van der Waals surface area contributed by atoms with Gasteiger partial charge in [-0.1, -0.05) is 38.8 Å². The first kappa shape index (κ1) is 16.0. The third kappa shape index (κ3) is 4.85. The molecule has 0 bridgehead atoms. The lowest BCUT2D eigenvalue weighted by Crippen LogP contribution is -2.44. The van der Waals surface area contributed by atoms with Gasteiger partial charge in [-0.05, 0) is 49.3 Å². The first-order valence-electron chi connectivity index (χ1n) is 8.16. The van der Waals surface area contributed by atoms with Gasteiger partial charge in [-0.2, -0.15) is 0 Å². The van der Waals surface area contributed by atoms with E-state index in [4.69, 9.17) is 0 Å². The Kier molecular flexibility index (Phi) is 5.80. The number of hydrogen-bond acceptors (Lipinski definition) is 2. The normalized spacial score (nSPS) is 22.3. The van der Waals surface area contributed by atoms with Gasteiger partial charge < -0.3 is 10.6 Å². The van der Waals surface area contributed by atoms with Crippen molar-refractivity contribution in [1.82, 2.24) is 5.32 Å². The van der Waals surface area contributed by atoms with Crippen LogP contribution in [0.5, 0.6) is 0 Å². The molecule has 1 saturated carbocycles. The van der Waals surface area contributed by atoms with Gasteiger partial charge in [-0.15, -0.1) is 0 Å². The fourth-order valence-electron chi connectivity index (χ4n) is 3.36. The van der Waals surface area contributed by atoms with Crippen LogP contribution in [0.2, 0.25) is 0 Å². The van der Waals surface area contributed by atoms with E-state index in [2.05, 4.69) is 24.5 Å². The Hall–Kier alpha value is -1.35. The molecule has 0 spiro atoms. The summed E-state index contributed by atoms with van der Waals surface area (Å²) in [5, 5.41) is 6.44. The molecule has 1 aromatic carbocycles. The Labute approximate surface area is 128 Å². The standard InChI is InChI=1S/C18H28N2O/c1-13(2)16-9-4-5-10-17(16)19-12-18(21)20-15-8-6-7-14(3)11-15/h6-8,11,13,16-17,19H,4-5,9-10,12H2,1-3H3,(H,20,21). The largest absolute Gasteiger partial charge is 0.325 e. The zero-order valence-electron chi connectivity index (χ0n) is 13.5. The SMILES string of the molecule is Cc1cccc(NC(=O)CNC2CCCCC2C(C)C)c1. The third-order valence-corrected chi connectivity index (χ3v) is 4.50. The molecule has 0 heterocycles. The van der Waals surface area contributed by atoms with Gasteiger partial charge in [0.2, 0.25) is 5.91 Å². The fourth-order valence-corrected chi connectivity index (χ4v) is 3.36. The van der Waals surface area contributed by atoms with Gasteiger partial charge in [-0.3, -0.25) is 4.79 Å². The summed E-state index contributed by atoms with van der Waals surface area (Å²) >= 11 is 0. The van der Waals surface area contributed by atoms with Crippen molar-refractivity contribution in [2.45, 2.75) is 52.5 Å². The molecule has 2 atom stereocenters. The van der Waals surface area contributed by atoms with Crippen LogP contribution in [0.1, 0.15) is 45.1 Å². The van der Waals surface area contributed by atoms with E-state index in [1.165, 1.54) is 25.7 Å². The molecule has 2 unspecified atom stereocenters. The fraction of sp³-hybridized carbons (Fsp3) is 0.611. The number of aryl methyl sites for hydroxylation is 1. The van der Waals surface area contributed by atoms with Gasteiger partial charge in [0.05, 0.1) is 6.54 Å². The van der Waals surface area contributed by atoms with Crippen LogP contribution in [-0.4, -0.2) is 18.5 Å². The molecule has 3 heteroatoms. The lowest BCUT2D eigenvalue weighted by Gasteiger charge is -2.35. The van der Waals surface area contributed by atoms with Crippen LogP contribution in [0.15, 0.2) is 24.3 Å². The number of hydrogen-bond donors (Lipinski definition) is 2. The van der Waals surface area contributed by atoms with Crippen molar-refractivity contribution in [1.29, 1.82) is 0 Å². The minimum absolute atomic E-state index is 0.0497. The zero-order chi connectivity index (χ0) is 15.2. The minimum Gasteiger partial charge on any atom is -0.325 e. The number of amides is 1. The first-order chi connectivity index (χ1) is 10.1. The smallest absolute Gasteiger partial charge is 0.238 e. The van der Waals surface area contributed by atoms with E-state index in [-0.39, 0.29) is 5.91 Å². The average Bonchev–Trinajstić information content (AvgIpc) is 2.45. The van der Waals surface area contributed by atoms with Gasteiger partial charge in [0.1, 0.15) is 0 Å². The molecule has 0 saturated heterocycles. The van der Waals surface area contributed by atoms with Crippen LogP contribution in [0.3, 0.4) is 0 Å². The Bertz CT molecular complexity index is 470. The number of anilines is 1. The Morgan fingerprint density at radius 3 is 2.76 bits per heavy atom. The molecule has 21 heavy (non-hydrogen) atoms. The molecule has 1 aliphatic rings. The van der Waals surface area contributed by atoms with Gasteiger partial charge in [0.25, 0.3) is 0 Å². The summed E-state index contributed by atoms with van der Waals surface area (Å²) in [5.41, 5.74) is 2.04. The van der Waals surface area contributed by atoms with E-state index in [0.29, 0.717) is 24.4 Å². The van der Waals surface area contributed by atoms with Crippen LogP contribution >= 0.6 is 0 Å². The first-order valence-corrected chi connectivity index (χ1v) is 8.16. The van der Waals surface area contributed by atoms with Gasteiger partial charge >= 0.3 is 0 Å². The summed E-state index contributed by atoms with van der Waals surface area (Å²) in [4.78, 5) is 12.1. The molecule has 116 valence electrons. The van der Waals surface area contributed by atoms with Crippen molar-refractivity contribution >= 4 is 11.6 Å². The van der Waals surface area contributed by atoms with E-state index in [1.807, 2.05) is 31.2 Å². The maximum atomic E-state index is 12.1. The molecule has 1 fully saturated rings. The molecule has 1 aliphatic carbocycles. The average molecular weight is 288 g/mol. The Morgan fingerprint density at radius 1 is 1.29 bits per heavy atom. The van der Waals surface area contributed by atoms with E-state index in [9.17, 15) is 4.79 Å². The summed E-state index contributed by atoms with van der Waals surface area (Å²) in [5.74, 6) is 1.43. The highest BCUT2D eigenvalue weighted by atomic mass is 16.1. The number of carbonyl (C=O) groups is 1. The number of rotatable bonds is 5. The van der Waals surface area contributed by atoms with E-state index >= 15 is 0 Å². The summed E-state index contributed by atoms with van der Waals surface area (Å²) in [6, 6.07) is 8.41. The van der Waals surface area contributed by atoms with E-state index in [1.54, 1.807) is 0 Å². The molecule has 3 nitrogen and oxygen atoms in total. The maximum absolute atomic E-state index is 12.1. The molecule has 2 rings (SSSR count). The van der Waals surface area contributed by atoms with Crippen molar-refractivity contribution in [2.75, 3.05) is 11.9 Å². The molecule has 2 N–H and O–H groups in total. The van der Waals surface area contributed by atoms with Crippen LogP contribution in [0.4, 0.5) is 5.69 Å². The second-order valence-corrected chi connectivity index (χ2v) is 6.60. The summed E-state index contributed by atoms with van der Waals surface area (Å²) < 4.78 is 0. The summed E-state index contributed by atoms with van der Waals surface area (Å²) in [6.45, 7) is 7.01. The molecule has 0 radical (unpaired) electrons. The lowest BCUT2D eigenvalue weighted by molar-refractivity contribution is -0.115. The highest BCUT2D eigenvalue weighted by molar-refractivity contribution is 5.92. The third-order valence-electron chi connectivity index (χ3n) is 4.50. The van der Waals surface area contributed by atoms with Crippen molar-refractivity contribution in [3.63, 3.8) is 0 Å². The van der Waals surface area contributed by atoms with E-state index < -0.39 is 0 Å². The second kappa shape index (κ2) is 7.60. The Morgan fingerprint density at radius 2 is 2.05 bits per heavy atom. The highest BCUT2D eigenvalue weighted by Crippen LogP contribution is 2.30. The minimum atomic E-state index is 0.0497. The van der Waals surface area contributed by atoms with Crippen LogP contribution < -0.4 is 10.6 Å².